The number of nitrogens with one attached hydrogen (secondary N) is 2. The number of carbonyl (C=O) groups is 2. The van der Waals surface area contributed by atoms with E-state index in [4.69, 9.17) is 0 Å². The van der Waals surface area contributed by atoms with E-state index in [-0.39, 0.29) is 17.9 Å². The van der Waals surface area contributed by atoms with Crippen LogP contribution in [-0.2, 0) is 9.59 Å². The molecule has 1 atom stereocenters. The van der Waals surface area contributed by atoms with Gasteiger partial charge in [0.05, 0.1) is 0 Å². The molecule has 0 aromatic carbocycles. The zero-order valence-corrected chi connectivity index (χ0v) is 12.2. The Morgan fingerprint density at radius 3 is 2.68 bits per heavy atom. The molecule has 1 fully saturated rings. The van der Waals surface area contributed by atoms with Crippen molar-refractivity contribution in [3.05, 3.63) is 0 Å². The summed E-state index contributed by atoms with van der Waals surface area (Å²) in [5.74, 6) is 0.121. The van der Waals surface area contributed by atoms with E-state index in [0.29, 0.717) is 13.0 Å². The lowest BCUT2D eigenvalue weighted by atomic mass is 10.0. The molecule has 110 valence electrons. The fourth-order valence-corrected chi connectivity index (χ4v) is 2.43. The average Bonchev–Trinajstić information content (AvgIpc) is 2.43. The van der Waals surface area contributed by atoms with Crippen LogP contribution in [0.4, 0.5) is 0 Å². The molecule has 0 bridgehead atoms. The summed E-state index contributed by atoms with van der Waals surface area (Å²) in [5, 5.41) is 6.08. The molecule has 1 aliphatic rings. The number of hydrogen-bond donors (Lipinski definition) is 2. The molecule has 1 unspecified atom stereocenters. The normalized spacial score (nSPS) is 19.3. The van der Waals surface area contributed by atoms with Gasteiger partial charge < -0.3 is 15.5 Å². The monoisotopic (exact) mass is 269 g/mol. The quantitative estimate of drug-likeness (QED) is 0.675. The number of piperidine rings is 1. The van der Waals surface area contributed by atoms with Crippen LogP contribution in [0.15, 0.2) is 0 Å². The second-order valence-corrected chi connectivity index (χ2v) is 4.99. The maximum absolute atomic E-state index is 12.1. The third-order valence-corrected chi connectivity index (χ3v) is 3.44. The van der Waals surface area contributed by atoms with Crippen LogP contribution in [-0.4, -0.2) is 48.9 Å². The van der Waals surface area contributed by atoms with Gasteiger partial charge in [-0.05, 0) is 32.2 Å². The van der Waals surface area contributed by atoms with E-state index in [1.54, 1.807) is 4.90 Å². The number of likely N-dealkylation sites (tertiary alicyclic amines) is 1. The molecular weight excluding hydrogens is 242 g/mol. The standard InChI is InChI=1S/C14H27N3O2/c1-3-7-13(18)17-11-6-5-8-12(17)14(19)16-10-9-15-4-2/h12,15H,3-11H2,1-2H3,(H,16,19). The molecular formula is C14H27N3O2. The Hall–Kier alpha value is -1.10. The zero-order chi connectivity index (χ0) is 14.1. The van der Waals surface area contributed by atoms with Crippen molar-refractivity contribution in [2.24, 2.45) is 0 Å². The lowest BCUT2D eigenvalue weighted by Gasteiger charge is -2.34. The third-order valence-electron chi connectivity index (χ3n) is 3.44. The van der Waals surface area contributed by atoms with Crippen molar-refractivity contribution >= 4 is 11.8 Å². The fraction of sp³-hybridized carbons (Fsp3) is 0.857. The summed E-state index contributed by atoms with van der Waals surface area (Å²) < 4.78 is 0. The summed E-state index contributed by atoms with van der Waals surface area (Å²) in [6, 6.07) is -0.255. The fourth-order valence-electron chi connectivity index (χ4n) is 2.43. The summed E-state index contributed by atoms with van der Waals surface area (Å²) in [6.07, 6.45) is 4.21. The minimum atomic E-state index is -0.255. The maximum Gasteiger partial charge on any atom is 0.242 e. The summed E-state index contributed by atoms with van der Waals surface area (Å²) in [6.45, 7) is 7.06. The SMILES string of the molecule is CCCC(=O)N1CCCCC1C(=O)NCCNCC. The highest BCUT2D eigenvalue weighted by Crippen LogP contribution is 2.18. The molecule has 0 saturated carbocycles. The van der Waals surface area contributed by atoms with Crippen LogP contribution < -0.4 is 10.6 Å². The van der Waals surface area contributed by atoms with Gasteiger partial charge in [0.25, 0.3) is 0 Å². The van der Waals surface area contributed by atoms with Crippen molar-refractivity contribution in [2.45, 2.75) is 52.0 Å². The molecule has 2 N–H and O–H groups in total. The van der Waals surface area contributed by atoms with Gasteiger partial charge in [0.15, 0.2) is 0 Å². The van der Waals surface area contributed by atoms with Crippen LogP contribution in [0.25, 0.3) is 0 Å². The van der Waals surface area contributed by atoms with Gasteiger partial charge in [-0.25, -0.2) is 0 Å². The van der Waals surface area contributed by atoms with Crippen LogP contribution in [0.5, 0.6) is 0 Å². The predicted molar refractivity (Wildman–Crippen MR) is 75.8 cm³/mol. The molecule has 0 aliphatic carbocycles. The second-order valence-electron chi connectivity index (χ2n) is 4.99. The number of hydrogen-bond acceptors (Lipinski definition) is 3. The molecule has 0 radical (unpaired) electrons. The van der Waals surface area contributed by atoms with Crippen LogP contribution in [0.2, 0.25) is 0 Å². The predicted octanol–water partition coefficient (Wildman–Crippen LogP) is 0.893. The van der Waals surface area contributed by atoms with Crippen molar-refractivity contribution < 1.29 is 9.59 Å². The van der Waals surface area contributed by atoms with Gasteiger partial charge in [0.2, 0.25) is 11.8 Å². The van der Waals surface area contributed by atoms with Gasteiger partial charge in [-0.3, -0.25) is 9.59 Å². The highest BCUT2D eigenvalue weighted by molar-refractivity contribution is 5.87. The summed E-state index contributed by atoms with van der Waals surface area (Å²) in [7, 11) is 0. The van der Waals surface area contributed by atoms with Crippen LogP contribution in [0, 0.1) is 0 Å². The Morgan fingerprint density at radius 2 is 2.00 bits per heavy atom. The molecule has 2 amide bonds. The molecule has 19 heavy (non-hydrogen) atoms. The van der Waals surface area contributed by atoms with Gasteiger partial charge >= 0.3 is 0 Å². The number of rotatable bonds is 7. The number of nitrogens with zero attached hydrogens (tertiary/aromatic N) is 1. The highest BCUT2D eigenvalue weighted by Gasteiger charge is 2.31. The van der Waals surface area contributed by atoms with Gasteiger partial charge in [-0.2, -0.15) is 0 Å². The molecule has 0 aromatic rings. The lowest BCUT2D eigenvalue weighted by molar-refractivity contribution is -0.142. The van der Waals surface area contributed by atoms with Crippen molar-refractivity contribution in [1.82, 2.24) is 15.5 Å². The Labute approximate surface area is 116 Å². The minimum absolute atomic E-state index is 0.00190. The first-order chi connectivity index (χ1) is 9.20. The Bertz CT molecular complexity index is 294. The molecule has 5 nitrogen and oxygen atoms in total. The van der Waals surface area contributed by atoms with E-state index < -0.39 is 0 Å². The summed E-state index contributed by atoms with van der Waals surface area (Å²) in [4.78, 5) is 25.9. The summed E-state index contributed by atoms with van der Waals surface area (Å²) >= 11 is 0. The molecule has 1 rings (SSSR count). The van der Waals surface area contributed by atoms with E-state index >= 15 is 0 Å². The second kappa shape index (κ2) is 8.91. The number of carbonyl (C=O) groups excluding carboxylic acids is 2. The molecule has 1 saturated heterocycles. The lowest BCUT2D eigenvalue weighted by Crippen LogP contribution is -2.52. The Morgan fingerprint density at radius 1 is 1.21 bits per heavy atom. The van der Waals surface area contributed by atoms with Crippen molar-refractivity contribution in [3.8, 4) is 0 Å². The molecule has 5 heteroatoms. The first-order valence-electron chi connectivity index (χ1n) is 7.48. The van der Waals surface area contributed by atoms with E-state index in [1.165, 1.54) is 0 Å². The van der Waals surface area contributed by atoms with Crippen molar-refractivity contribution in [3.63, 3.8) is 0 Å². The highest BCUT2D eigenvalue weighted by atomic mass is 16.2. The van der Waals surface area contributed by atoms with Gasteiger partial charge in [-0.1, -0.05) is 13.8 Å². The number of likely N-dealkylation sites (N-methyl/N-ethyl adjacent to an activating group) is 1. The van der Waals surface area contributed by atoms with Gasteiger partial charge in [-0.15, -0.1) is 0 Å². The van der Waals surface area contributed by atoms with Crippen LogP contribution in [0.3, 0.4) is 0 Å². The van der Waals surface area contributed by atoms with E-state index in [9.17, 15) is 9.59 Å². The van der Waals surface area contributed by atoms with Crippen LogP contribution >= 0.6 is 0 Å². The molecule has 0 aromatic heterocycles. The van der Waals surface area contributed by atoms with E-state index in [1.807, 2.05) is 13.8 Å². The maximum atomic E-state index is 12.1. The average molecular weight is 269 g/mol. The van der Waals surface area contributed by atoms with Crippen molar-refractivity contribution in [2.75, 3.05) is 26.2 Å². The van der Waals surface area contributed by atoms with Crippen molar-refractivity contribution in [1.29, 1.82) is 0 Å². The summed E-state index contributed by atoms with van der Waals surface area (Å²) in [5.41, 5.74) is 0. The van der Waals surface area contributed by atoms with E-state index in [2.05, 4.69) is 10.6 Å². The van der Waals surface area contributed by atoms with Gasteiger partial charge in [0.1, 0.15) is 6.04 Å². The zero-order valence-electron chi connectivity index (χ0n) is 12.2. The van der Waals surface area contributed by atoms with Crippen LogP contribution in [0.1, 0.15) is 46.0 Å². The Kier molecular flexibility index (Phi) is 7.48. The largest absolute Gasteiger partial charge is 0.353 e. The Balaban J connectivity index is 2.46. The van der Waals surface area contributed by atoms with Gasteiger partial charge in [0, 0.05) is 26.1 Å². The third kappa shape index (κ3) is 5.19. The number of amides is 2. The van der Waals surface area contributed by atoms with E-state index in [0.717, 1.165) is 45.3 Å². The molecule has 1 heterocycles. The first-order valence-corrected chi connectivity index (χ1v) is 7.48. The topological polar surface area (TPSA) is 61.4 Å². The minimum Gasteiger partial charge on any atom is -0.353 e. The first kappa shape index (κ1) is 16.0. The molecule has 1 aliphatic heterocycles. The smallest absolute Gasteiger partial charge is 0.242 e. The molecule has 0 spiro atoms.